The Morgan fingerprint density at radius 2 is 2.24 bits per heavy atom. The number of aliphatic hydroxyl groups excluding tert-OH is 1. The van der Waals surface area contributed by atoms with Crippen LogP contribution in [0.5, 0.6) is 0 Å². The minimum absolute atomic E-state index is 0.0997. The van der Waals surface area contributed by atoms with Gasteiger partial charge in [-0.3, -0.25) is 4.79 Å². The molecule has 2 N–H and O–H groups in total. The molecule has 1 aromatic carbocycles. The first kappa shape index (κ1) is 14.0. The van der Waals surface area contributed by atoms with Crippen molar-refractivity contribution in [2.75, 3.05) is 6.61 Å². The van der Waals surface area contributed by atoms with E-state index < -0.39 is 0 Å². The fourth-order valence-electron chi connectivity index (χ4n) is 1.14. The Balaban J connectivity index is 2.70. The molecule has 0 aromatic heterocycles. The van der Waals surface area contributed by atoms with Gasteiger partial charge in [-0.25, -0.2) is 0 Å². The van der Waals surface area contributed by atoms with Crippen LogP contribution in [0.1, 0.15) is 12.5 Å². The van der Waals surface area contributed by atoms with E-state index in [0.29, 0.717) is 15.6 Å². The maximum absolute atomic E-state index is 11.4. The number of hydrogen-bond acceptors (Lipinski definition) is 2. The van der Waals surface area contributed by atoms with E-state index in [1.54, 1.807) is 31.2 Å². The van der Waals surface area contributed by atoms with E-state index in [1.165, 1.54) is 6.08 Å². The van der Waals surface area contributed by atoms with Gasteiger partial charge in [-0.1, -0.05) is 23.2 Å². The normalized spacial score (nSPS) is 12.7. The maximum Gasteiger partial charge on any atom is 0.244 e. The van der Waals surface area contributed by atoms with E-state index >= 15 is 0 Å². The van der Waals surface area contributed by atoms with Crippen LogP contribution in [-0.4, -0.2) is 23.7 Å². The van der Waals surface area contributed by atoms with Crippen molar-refractivity contribution in [3.63, 3.8) is 0 Å². The number of carbonyl (C=O) groups excluding carboxylic acids is 1. The zero-order chi connectivity index (χ0) is 12.8. The Morgan fingerprint density at radius 3 is 2.88 bits per heavy atom. The molecule has 0 aliphatic rings. The minimum atomic E-state index is -0.289. The van der Waals surface area contributed by atoms with Crippen LogP contribution in [0.2, 0.25) is 10.0 Å². The summed E-state index contributed by atoms with van der Waals surface area (Å²) in [5.74, 6) is -0.289. The van der Waals surface area contributed by atoms with Crippen molar-refractivity contribution in [2.24, 2.45) is 0 Å². The van der Waals surface area contributed by atoms with Gasteiger partial charge in [-0.2, -0.15) is 0 Å². The number of carbonyl (C=O) groups is 1. The third-order valence-electron chi connectivity index (χ3n) is 2.03. The molecule has 0 aliphatic heterocycles. The van der Waals surface area contributed by atoms with Crippen LogP contribution in [-0.2, 0) is 4.79 Å². The van der Waals surface area contributed by atoms with Gasteiger partial charge in [0.2, 0.25) is 5.91 Å². The first-order valence-corrected chi connectivity index (χ1v) is 5.83. The minimum Gasteiger partial charge on any atom is -0.394 e. The van der Waals surface area contributed by atoms with Crippen molar-refractivity contribution in [3.05, 3.63) is 39.9 Å². The van der Waals surface area contributed by atoms with Gasteiger partial charge in [0.15, 0.2) is 0 Å². The molecule has 0 spiro atoms. The largest absolute Gasteiger partial charge is 0.394 e. The molecule has 0 saturated heterocycles. The molecule has 5 heteroatoms. The first-order chi connectivity index (χ1) is 8.02. The van der Waals surface area contributed by atoms with Gasteiger partial charge in [0.05, 0.1) is 6.61 Å². The summed E-state index contributed by atoms with van der Waals surface area (Å²) in [5.41, 5.74) is 0.672. The van der Waals surface area contributed by atoms with E-state index in [-0.39, 0.29) is 18.6 Å². The molecule has 3 nitrogen and oxygen atoms in total. The zero-order valence-corrected chi connectivity index (χ0v) is 10.8. The van der Waals surface area contributed by atoms with Gasteiger partial charge in [0.1, 0.15) is 0 Å². The highest BCUT2D eigenvalue weighted by atomic mass is 35.5. The Morgan fingerprint density at radius 1 is 1.53 bits per heavy atom. The van der Waals surface area contributed by atoms with Crippen molar-refractivity contribution in [1.82, 2.24) is 5.32 Å². The van der Waals surface area contributed by atoms with Crippen LogP contribution in [0.15, 0.2) is 24.3 Å². The molecular formula is C12H13Cl2NO2. The summed E-state index contributed by atoms with van der Waals surface area (Å²) in [6, 6.07) is 4.73. The predicted octanol–water partition coefficient (Wildman–Crippen LogP) is 2.50. The molecule has 0 bridgehead atoms. The van der Waals surface area contributed by atoms with E-state index in [4.69, 9.17) is 28.3 Å². The Kier molecular flexibility index (Phi) is 5.48. The third-order valence-corrected chi connectivity index (χ3v) is 2.61. The molecule has 1 amide bonds. The molecule has 0 heterocycles. The molecule has 1 atom stereocenters. The van der Waals surface area contributed by atoms with Gasteiger partial charge in [-0.15, -0.1) is 0 Å². The third kappa shape index (κ3) is 4.77. The monoisotopic (exact) mass is 273 g/mol. The number of benzene rings is 1. The number of rotatable bonds is 4. The maximum atomic E-state index is 11.4. The lowest BCUT2D eigenvalue weighted by atomic mass is 10.2. The van der Waals surface area contributed by atoms with E-state index in [1.807, 2.05) is 0 Å². The molecule has 1 aromatic rings. The molecule has 0 saturated carbocycles. The summed E-state index contributed by atoms with van der Waals surface area (Å²) in [6.45, 7) is 1.61. The number of hydrogen-bond donors (Lipinski definition) is 2. The fourth-order valence-corrected chi connectivity index (χ4v) is 1.51. The SMILES string of the molecule is CC(CO)NC(=O)/C=C/c1cc(Cl)ccc1Cl. The molecule has 1 rings (SSSR count). The van der Waals surface area contributed by atoms with Crippen molar-refractivity contribution < 1.29 is 9.90 Å². The quantitative estimate of drug-likeness (QED) is 0.829. The van der Waals surface area contributed by atoms with Crippen LogP contribution in [0.25, 0.3) is 6.08 Å². The molecule has 92 valence electrons. The first-order valence-electron chi connectivity index (χ1n) is 5.07. The summed E-state index contributed by atoms with van der Waals surface area (Å²) in [4.78, 5) is 11.4. The van der Waals surface area contributed by atoms with Crippen LogP contribution >= 0.6 is 23.2 Å². The van der Waals surface area contributed by atoms with Crippen molar-refractivity contribution in [1.29, 1.82) is 0 Å². The van der Waals surface area contributed by atoms with E-state index in [0.717, 1.165) is 0 Å². The van der Waals surface area contributed by atoms with Gasteiger partial charge in [0, 0.05) is 22.2 Å². The Hall–Kier alpha value is -1.03. The van der Waals surface area contributed by atoms with Crippen LogP contribution in [0, 0.1) is 0 Å². The van der Waals surface area contributed by atoms with Crippen LogP contribution in [0.4, 0.5) is 0 Å². The summed E-state index contributed by atoms with van der Waals surface area (Å²) in [7, 11) is 0. The van der Waals surface area contributed by atoms with Crippen LogP contribution < -0.4 is 5.32 Å². The summed E-state index contributed by atoms with van der Waals surface area (Å²) in [6.07, 6.45) is 2.93. The number of halogens is 2. The zero-order valence-electron chi connectivity index (χ0n) is 9.28. The van der Waals surface area contributed by atoms with Gasteiger partial charge < -0.3 is 10.4 Å². The van der Waals surface area contributed by atoms with Gasteiger partial charge >= 0.3 is 0 Å². The second kappa shape index (κ2) is 6.64. The average Bonchev–Trinajstić information content (AvgIpc) is 2.30. The molecule has 0 aliphatic carbocycles. The molecule has 0 fully saturated rings. The van der Waals surface area contributed by atoms with Crippen molar-refractivity contribution >= 4 is 35.2 Å². The topological polar surface area (TPSA) is 49.3 Å². The Bertz CT molecular complexity index is 433. The van der Waals surface area contributed by atoms with Gasteiger partial charge in [0.25, 0.3) is 0 Å². The predicted molar refractivity (Wildman–Crippen MR) is 70.2 cm³/mol. The summed E-state index contributed by atoms with van der Waals surface area (Å²) in [5, 5.41) is 12.4. The molecular weight excluding hydrogens is 261 g/mol. The van der Waals surface area contributed by atoms with Crippen LogP contribution in [0.3, 0.4) is 0 Å². The average molecular weight is 274 g/mol. The lowest BCUT2D eigenvalue weighted by Gasteiger charge is -2.07. The smallest absolute Gasteiger partial charge is 0.244 e. The highest BCUT2D eigenvalue weighted by Gasteiger charge is 2.03. The van der Waals surface area contributed by atoms with Gasteiger partial charge in [-0.05, 0) is 36.8 Å². The number of aliphatic hydroxyl groups is 1. The van der Waals surface area contributed by atoms with E-state index in [9.17, 15) is 4.79 Å². The summed E-state index contributed by atoms with van der Waals surface area (Å²) < 4.78 is 0. The highest BCUT2D eigenvalue weighted by Crippen LogP contribution is 2.21. The second-order valence-corrected chi connectivity index (χ2v) is 4.44. The Labute approximate surface area is 110 Å². The lowest BCUT2D eigenvalue weighted by Crippen LogP contribution is -2.33. The standard InChI is InChI=1S/C12H13Cl2NO2/c1-8(7-16)15-12(17)5-2-9-6-10(13)3-4-11(9)14/h2-6,8,16H,7H2,1H3,(H,15,17)/b5-2+. The van der Waals surface area contributed by atoms with Crippen molar-refractivity contribution in [2.45, 2.75) is 13.0 Å². The number of nitrogens with one attached hydrogen (secondary N) is 1. The lowest BCUT2D eigenvalue weighted by molar-refractivity contribution is -0.117. The number of amides is 1. The van der Waals surface area contributed by atoms with Crippen molar-refractivity contribution in [3.8, 4) is 0 Å². The fraction of sp³-hybridized carbons (Fsp3) is 0.250. The second-order valence-electron chi connectivity index (χ2n) is 3.59. The summed E-state index contributed by atoms with van der Waals surface area (Å²) >= 11 is 11.7. The van der Waals surface area contributed by atoms with E-state index in [2.05, 4.69) is 5.32 Å². The highest BCUT2D eigenvalue weighted by molar-refractivity contribution is 6.34. The molecule has 1 unspecified atom stereocenters. The molecule has 17 heavy (non-hydrogen) atoms. The molecule has 0 radical (unpaired) electrons.